The van der Waals surface area contributed by atoms with Crippen LogP contribution in [0.5, 0.6) is 0 Å². The van der Waals surface area contributed by atoms with Gasteiger partial charge in [0.25, 0.3) is 5.56 Å². The summed E-state index contributed by atoms with van der Waals surface area (Å²) in [6.07, 6.45) is 5.11. The quantitative estimate of drug-likeness (QED) is 0.745. The molecule has 1 amide bonds. The van der Waals surface area contributed by atoms with Gasteiger partial charge in [0.05, 0.1) is 17.2 Å². The van der Waals surface area contributed by atoms with Gasteiger partial charge in [0.2, 0.25) is 5.91 Å². The van der Waals surface area contributed by atoms with E-state index in [1.807, 2.05) is 32.0 Å². The van der Waals surface area contributed by atoms with Crippen molar-refractivity contribution >= 4 is 22.8 Å². The van der Waals surface area contributed by atoms with Crippen LogP contribution in [0.25, 0.3) is 10.9 Å². The van der Waals surface area contributed by atoms with Crippen molar-refractivity contribution in [3.05, 3.63) is 40.9 Å². The third-order valence-corrected chi connectivity index (χ3v) is 5.73. The first-order valence-electron chi connectivity index (χ1n) is 10.3. The Bertz CT molecular complexity index is 929. The van der Waals surface area contributed by atoms with E-state index in [2.05, 4.69) is 10.3 Å². The normalized spacial score (nSPS) is 20.5. The summed E-state index contributed by atoms with van der Waals surface area (Å²) >= 11 is 0. The Morgan fingerprint density at radius 3 is 2.55 bits per heavy atom. The summed E-state index contributed by atoms with van der Waals surface area (Å²) in [5.74, 6) is -0.802. The Balaban J connectivity index is 1.56. The zero-order valence-corrected chi connectivity index (χ0v) is 17.0. The molecular formula is C22H29N3O4. The summed E-state index contributed by atoms with van der Waals surface area (Å²) in [7, 11) is 0. The standard InChI is InChI=1S/C22H29N3O4/c1-14(2)11-19(22(28)29)24-20(26)16-9-7-15(8-10-16)12-25-13-23-18-6-4-3-5-17(18)21(25)27/h3-6,13-16,19H,7-12H2,1-2H3,(H,24,26)(H,28,29)/t15?,16?,19-/m0/s1. The van der Waals surface area contributed by atoms with Crippen LogP contribution in [-0.4, -0.2) is 32.6 Å². The number of nitrogens with zero attached hydrogens (tertiary/aromatic N) is 2. The fourth-order valence-electron chi connectivity index (χ4n) is 4.10. The average molecular weight is 399 g/mol. The van der Waals surface area contributed by atoms with Gasteiger partial charge in [0, 0.05) is 12.5 Å². The predicted molar refractivity (Wildman–Crippen MR) is 110 cm³/mol. The van der Waals surface area contributed by atoms with Crippen molar-refractivity contribution < 1.29 is 14.7 Å². The average Bonchev–Trinajstić information content (AvgIpc) is 2.70. The molecule has 0 unspecified atom stereocenters. The number of hydrogen-bond donors (Lipinski definition) is 2. The van der Waals surface area contributed by atoms with Crippen molar-refractivity contribution in [2.45, 2.75) is 58.5 Å². The summed E-state index contributed by atoms with van der Waals surface area (Å²) < 4.78 is 1.66. The van der Waals surface area contributed by atoms with E-state index < -0.39 is 12.0 Å². The minimum absolute atomic E-state index is 0.0338. The number of aliphatic carboxylic acids is 1. The highest BCUT2D eigenvalue weighted by molar-refractivity contribution is 5.85. The molecule has 0 saturated heterocycles. The molecule has 29 heavy (non-hydrogen) atoms. The van der Waals surface area contributed by atoms with Crippen LogP contribution in [0.1, 0.15) is 46.0 Å². The fourth-order valence-corrected chi connectivity index (χ4v) is 4.10. The van der Waals surface area contributed by atoms with Crippen LogP contribution < -0.4 is 10.9 Å². The number of carbonyl (C=O) groups excluding carboxylic acids is 1. The van der Waals surface area contributed by atoms with Crippen LogP contribution in [0, 0.1) is 17.8 Å². The van der Waals surface area contributed by atoms with Crippen molar-refractivity contribution in [3.8, 4) is 0 Å². The second kappa shape index (κ2) is 9.20. The maximum absolute atomic E-state index is 12.7. The van der Waals surface area contributed by atoms with E-state index in [0.29, 0.717) is 42.6 Å². The number of amides is 1. The number of carboxylic acid groups (broad SMARTS) is 1. The molecule has 1 saturated carbocycles. The second-order valence-corrected chi connectivity index (χ2v) is 8.47. The van der Waals surface area contributed by atoms with Gasteiger partial charge in [-0.25, -0.2) is 9.78 Å². The lowest BCUT2D eigenvalue weighted by atomic mass is 9.81. The van der Waals surface area contributed by atoms with E-state index in [1.165, 1.54) is 0 Å². The van der Waals surface area contributed by atoms with Gasteiger partial charge in [-0.05, 0) is 56.1 Å². The van der Waals surface area contributed by atoms with Gasteiger partial charge in [-0.15, -0.1) is 0 Å². The van der Waals surface area contributed by atoms with Crippen molar-refractivity contribution in [3.63, 3.8) is 0 Å². The van der Waals surface area contributed by atoms with Gasteiger partial charge in [-0.2, -0.15) is 0 Å². The van der Waals surface area contributed by atoms with E-state index in [9.17, 15) is 19.5 Å². The third kappa shape index (κ3) is 5.22. The predicted octanol–water partition coefficient (Wildman–Crippen LogP) is 2.82. The van der Waals surface area contributed by atoms with Crippen molar-refractivity contribution in [1.29, 1.82) is 0 Å². The second-order valence-electron chi connectivity index (χ2n) is 8.47. The molecular weight excluding hydrogens is 370 g/mol. The van der Waals surface area contributed by atoms with Crippen molar-refractivity contribution in [1.82, 2.24) is 14.9 Å². The summed E-state index contributed by atoms with van der Waals surface area (Å²) in [4.78, 5) is 40.9. The van der Waals surface area contributed by atoms with E-state index in [-0.39, 0.29) is 23.3 Å². The summed E-state index contributed by atoms with van der Waals surface area (Å²) in [6.45, 7) is 4.48. The van der Waals surface area contributed by atoms with Crippen LogP contribution >= 0.6 is 0 Å². The smallest absolute Gasteiger partial charge is 0.326 e. The Hall–Kier alpha value is -2.70. The van der Waals surface area contributed by atoms with E-state index in [4.69, 9.17) is 0 Å². The molecule has 0 radical (unpaired) electrons. The molecule has 1 aliphatic rings. The molecule has 1 aromatic carbocycles. The highest BCUT2D eigenvalue weighted by Crippen LogP contribution is 2.30. The van der Waals surface area contributed by atoms with E-state index >= 15 is 0 Å². The summed E-state index contributed by atoms with van der Waals surface area (Å²) in [5, 5.41) is 12.6. The zero-order valence-electron chi connectivity index (χ0n) is 17.0. The highest BCUT2D eigenvalue weighted by atomic mass is 16.4. The molecule has 0 spiro atoms. The number of fused-ring (bicyclic) bond motifs is 1. The lowest BCUT2D eigenvalue weighted by molar-refractivity contribution is -0.143. The molecule has 0 bridgehead atoms. The molecule has 3 rings (SSSR count). The number of nitrogens with one attached hydrogen (secondary N) is 1. The Morgan fingerprint density at radius 2 is 1.90 bits per heavy atom. The molecule has 156 valence electrons. The molecule has 7 heteroatoms. The van der Waals surface area contributed by atoms with Crippen LogP contribution in [0.2, 0.25) is 0 Å². The number of rotatable bonds is 7. The lowest BCUT2D eigenvalue weighted by Crippen LogP contribution is -2.45. The zero-order chi connectivity index (χ0) is 21.0. The highest BCUT2D eigenvalue weighted by Gasteiger charge is 2.30. The first-order valence-corrected chi connectivity index (χ1v) is 10.3. The number of carbonyl (C=O) groups is 2. The van der Waals surface area contributed by atoms with Crippen LogP contribution in [0.15, 0.2) is 35.4 Å². The number of para-hydroxylation sites is 1. The summed E-state index contributed by atoms with van der Waals surface area (Å²) in [6, 6.07) is 6.49. The molecule has 1 aromatic heterocycles. The van der Waals surface area contributed by atoms with Crippen LogP contribution in [0.4, 0.5) is 0 Å². The van der Waals surface area contributed by atoms with Gasteiger partial charge in [0.1, 0.15) is 6.04 Å². The Labute approximate surface area is 170 Å². The number of hydrogen-bond acceptors (Lipinski definition) is 4. The van der Waals surface area contributed by atoms with Crippen molar-refractivity contribution in [2.24, 2.45) is 17.8 Å². The maximum atomic E-state index is 12.7. The third-order valence-electron chi connectivity index (χ3n) is 5.73. The molecule has 1 heterocycles. The van der Waals surface area contributed by atoms with Crippen molar-refractivity contribution in [2.75, 3.05) is 0 Å². The van der Waals surface area contributed by atoms with Gasteiger partial charge < -0.3 is 10.4 Å². The molecule has 1 fully saturated rings. The largest absolute Gasteiger partial charge is 0.480 e. The lowest BCUT2D eigenvalue weighted by Gasteiger charge is -2.29. The minimum Gasteiger partial charge on any atom is -0.480 e. The van der Waals surface area contributed by atoms with Crippen LogP contribution in [0.3, 0.4) is 0 Å². The van der Waals surface area contributed by atoms with Gasteiger partial charge in [-0.1, -0.05) is 26.0 Å². The topological polar surface area (TPSA) is 101 Å². The van der Waals surface area contributed by atoms with Gasteiger partial charge in [0.15, 0.2) is 0 Å². The minimum atomic E-state index is -0.982. The summed E-state index contributed by atoms with van der Waals surface area (Å²) in [5.41, 5.74) is 0.664. The Morgan fingerprint density at radius 1 is 1.21 bits per heavy atom. The van der Waals surface area contributed by atoms with Gasteiger partial charge in [-0.3, -0.25) is 14.2 Å². The number of aromatic nitrogens is 2. The first kappa shape index (κ1) is 21.0. The maximum Gasteiger partial charge on any atom is 0.326 e. The monoisotopic (exact) mass is 399 g/mol. The van der Waals surface area contributed by atoms with E-state index in [1.54, 1.807) is 17.0 Å². The Kier molecular flexibility index (Phi) is 6.67. The first-order chi connectivity index (χ1) is 13.8. The van der Waals surface area contributed by atoms with E-state index in [0.717, 1.165) is 12.8 Å². The molecule has 1 atom stereocenters. The molecule has 0 aliphatic heterocycles. The van der Waals surface area contributed by atoms with Gasteiger partial charge >= 0.3 is 5.97 Å². The van der Waals surface area contributed by atoms with Crippen LogP contribution in [-0.2, 0) is 16.1 Å². The molecule has 2 aromatic rings. The SMILES string of the molecule is CC(C)C[C@H](NC(=O)C1CCC(Cn2cnc3ccccc3c2=O)CC1)C(=O)O. The molecule has 1 aliphatic carbocycles. The number of carboxylic acids is 1. The molecule has 2 N–H and O–H groups in total. The molecule has 7 nitrogen and oxygen atoms in total. The number of benzene rings is 1. The fraction of sp³-hybridized carbons (Fsp3) is 0.545.